The normalized spacial score (nSPS) is 19.6. The van der Waals surface area contributed by atoms with Crippen LogP contribution in [0, 0.1) is 12.8 Å². The molecule has 0 radical (unpaired) electrons. The molecule has 1 heterocycles. The summed E-state index contributed by atoms with van der Waals surface area (Å²) in [5, 5.41) is 3.06. The van der Waals surface area contributed by atoms with Gasteiger partial charge in [0.05, 0.1) is 5.92 Å². The number of ether oxygens (including phenoxy) is 1. The van der Waals surface area contributed by atoms with Crippen LogP contribution < -0.4 is 10.1 Å². The molecule has 1 amide bonds. The first kappa shape index (κ1) is 22.8. The van der Waals surface area contributed by atoms with Crippen LogP contribution in [0.15, 0.2) is 95.1 Å². The molecular weight excluding hydrogens is 436 g/mol. The zero-order chi connectivity index (χ0) is 24.4. The van der Waals surface area contributed by atoms with Gasteiger partial charge in [0.25, 0.3) is 5.91 Å². The third-order valence-electron chi connectivity index (χ3n) is 6.76. The van der Waals surface area contributed by atoms with Crippen molar-refractivity contribution in [3.8, 4) is 11.5 Å². The number of carbonyl (C=O) groups is 2. The van der Waals surface area contributed by atoms with E-state index in [4.69, 9.17) is 9.73 Å². The van der Waals surface area contributed by atoms with Crippen LogP contribution >= 0.6 is 0 Å². The summed E-state index contributed by atoms with van der Waals surface area (Å²) < 4.78 is 5.95. The van der Waals surface area contributed by atoms with Gasteiger partial charge in [-0.05, 0) is 68.1 Å². The average molecular weight is 465 g/mol. The lowest BCUT2D eigenvalue weighted by Gasteiger charge is -2.36. The van der Waals surface area contributed by atoms with Gasteiger partial charge in [-0.3, -0.25) is 14.6 Å². The monoisotopic (exact) mass is 464 g/mol. The first-order valence-corrected chi connectivity index (χ1v) is 12.0. The van der Waals surface area contributed by atoms with Gasteiger partial charge in [-0.25, -0.2) is 0 Å². The van der Waals surface area contributed by atoms with E-state index < -0.39 is 5.92 Å². The fourth-order valence-corrected chi connectivity index (χ4v) is 5.05. The number of allylic oxidation sites excluding steroid dienone is 1. The fraction of sp³-hybridized carbons (Fsp3) is 0.233. The van der Waals surface area contributed by atoms with Crippen LogP contribution in [0.2, 0.25) is 0 Å². The first-order valence-electron chi connectivity index (χ1n) is 12.0. The quantitative estimate of drug-likeness (QED) is 0.462. The number of fused-ring (bicyclic) bond motifs is 1. The number of anilines is 1. The van der Waals surface area contributed by atoms with Gasteiger partial charge in [-0.1, -0.05) is 48.5 Å². The highest BCUT2D eigenvalue weighted by Crippen LogP contribution is 2.43. The second-order valence-electron chi connectivity index (χ2n) is 9.13. The molecule has 176 valence electrons. The van der Waals surface area contributed by atoms with E-state index in [2.05, 4.69) is 5.32 Å². The molecule has 2 atom stereocenters. The summed E-state index contributed by atoms with van der Waals surface area (Å²) in [7, 11) is 0. The molecule has 1 aliphatic carbocycles. The zero-order valence-electron chi connectivity index (χ0n) is 20.0. The Morgan fingerprint density at radius 2 is 1.54 bits per heavy atom. The number of rotatable bonds is 5. The van der Waals surface area contributed by atoms with E-state index in [-0.39, 0.29) is 17.6 Å². The largest absolute Gasteiger partial charge is 0.457 e. The van der Waals surface area contributed by atoms with Crippen LogP contribution in [-0.2, 0) is 9.59 Å². The molecule has 1 fully saturated rings. The van der Waals surface area contributed by atoms with E-state index in [9.17, 15) is 9.59 Å². The van der Waals surface area contributed by atoms with Crippen molar-refractivity contribution < 1.29 is 14.3 Å². The third kappa shape index (κ3) is 4.67. The highest BCUT2D eigenvalue weighted by atomic mass is 16.5. The van der Waals surface area contributed by atoms with Crippen molar-refractivity contribution >= 4 is 23.1 Å². The predicted molar refractivity (Wildman–Crippen MR) is 138 cm³/mol. The minimum absolute atomic E-state index is 0.151. The van der Waals surface area contributed by atoms with Crippen molar-refractivity contribution in [3.05, 3.63) is 101 Å². The van der Waals surface area contributed by atoms with E-state index in [1.165, 1.54) is 0 Å². The van der Waals surface area contributed by atoms with Crippen LogP contribution in [-0.4, -0.2) is 17.4 Å². The molecule has 5 rings (SSSR count). The lowest BCUT2D eigenvalue weighted by Crippen LogP contribution is -2.39. The zero-order valence-corrected chi connectivity index (χ0v) is 20.0. The topological polar surface area (TPSA) is 67.8 Å². The van der Waals surface area contributed by atoms with Crippen molar-refractivity contribution in [2.45, 2.75) is 39.0 Å². The molecule has 0 spiro atoms. The molecule has 5 heteroatoms. The summed E-state index contributed by atoms with van der Waals surface area (Å²) in [5.74, 6) is 0.594. The van der Waals surface area contributed by atoms with Crippen LogP contribution in [0.25, 0.3) is 0 Å². The maximum atomic E-state index is 13.6. The number of para-hydroxylation sites is 2. The van der Waals surface area contributed by atoms with Crippen molar-refractivity contribution in [2.24, 2.45) is 10.9 Å². The molecule has 0 aromatic heterocycles. The van der Waals surface area contributed by atoms with Gasteiger partial charge in [0, 0.05) is 35.0 Å². The second kappa shape index (κ2) is 9.71. The molecule has 2 unspecified atom stereocenters. The maximum Gasteiger partial charge on any atom is 0.254 e. The molecule has 5 nitrogen and oxygen atoms in total. The van der Waals surface area contributed by atoms with Crippen molar-refractivity contribution in [2.75, 3.05) is 5.32 Å². The number of aryl methyl sites for hydroxylation is 1. The van der Waals surface area contributed by atoms with E-state index in [0.29, 0.717) is 23.4 Å². The number of hydrogen-bond acceptors (Lipinski definition) is 4. The molecule has 2 aliphatic rings. The third-order valence-corrected chi connectivity index (χ3v) is 6.76. The lowest BCUT2D eigenvalue weighted by molar-refractivity contribution is -0.122. The summed E-state index contributed by atoms with van der Waals surface area (Å²) in [5.41, 5.74) is 4.76. The molecule has 3 aromatic rings. The van der Waals surface area contributed by atoms with E-state index in [0.717, 1.165) is 41.1 Å². The molecule has 0 saturated heterocycles. The predicted octanol–water partition coefficient (Wildman–Crippen LogP) is 6.61. The number of nitrogens with one attached hydrogen (secondary N) is 1. The molecule has 35 heavy (non-hydrogen) atoms. The van der Waals surface area contributed by atoms with Crippen LogP contribution in [0.5, 0.6) is 11.5 Å². The Bertz CT molecular complexity index is 1320. The van der Waals surface area contributed by atoms with Gasteiger partial charge in [0.15, 0.2) is 0 Å². The van der Waals surface area contributed by atoms with E-state index >= 15 is 0 Å². The Morgan fingerprint density at radius 3 is 2.29 bits per heavy atom. The average Bonchev–Trinajstić information content (AvgIpc) is 2.86. The number of carbonyl (C=O) groups excluding carboxylic acids is 2. The lowest BCUT2D eigenvalue weighted by atomic mass is 9.69. The van der Waals surface area contributed by atoms with Crippen molar-refractivity contribution in [1.29, 1.82) is 0 Å². The summed E-state index contributed by atoms with van der Waals surface area (Å²) >= 11 is 0. The standard InChI is InChI=1S/C30H28N2O3/c1-19-9-6-7-12-24(19)32-30(34)27-20(2)31-25-13-8-14-26(33)29(25)28(27)21-15-17-23(18-16-21)35-22-10-4-3-5-11-22/h3-7,9-12,15-18,28-29H,8,13-14H2,1-2H3,(H,32,34). The van der Waals surface area contributed by atoms with Gasteiger partial charge >= 0.3 is 0 Å². The molecule has 0 bridgehead atoms. The summed E-state index contributed by atoms with van der Waals surface area (Å²) in [6.45, 7) is 3.83. The van der Waals surface area contributed by atoms with Crippen molar-refractivity contribution in [1.82, 2.24) is 0 Å². The SMILES string of the molecule is CC1=C(C(=O)Nc2ccccc2C)C(c2ccc(Oc3ccccc3)cc2)C2C(=O)CCCC2=N1. The highest BCUT2D eigenvalue weighted by Gasteiger charge is 2.43. The van der Waals surface area contributed by atoms with Gasteiger partial charge in [0.1, 0.15) is 17.3 Å². The smallest absolute Gasteiger partial charge is 0.254 e. The van der Waals surface area contributed by atoms with Crippen LogP contribution in [0.3, 0.4) is 0 Å². The van der Waals surface area contributed by atoms with Gasteiger partial charge < -0.3 is 10.1 Å². The highest BCUT2D eigenvalue weighted by molar-refractivity contribution is 6.14. The molecule has 1 aliphatic heterocycles. The summed E-state index contributed by atoms with van der Waals surface area (Å²) in [6.07, 6.45) is 2.11. The first-order chi connectivity index (χ1) is 17.0. The number of Topliss-reactive ketones (excluding diaryl/α,β-unsaturated/α-hetero) is 1. The number of nitrogens with zero attached hydrogens (tertiary/aromatic N) is 1. The van der Waals surface area contributed by atoms with Gasteiger partial charge in [-0.2, -0.15) is 0 Å². The van der Waals surface area contributed by atoms with E-state index in [1.807, 2.05) is 92.7 Å². The molecule has 3 aromatic carbocycles. The van der Waals surface area contributed by atoms with Gasteiger partial charge in [-0.15, -0.1) is 0 Å². The van der Waals surface area contributed by atoms with Crippen molar-refractivity contribution in [3.63, 3.8) is 0 Å². The maximum absolute atomic E-state index is 13.6. The Kier molecular flexibility index (Phi) is 6.32. The van der Waals surface area contributed by atoms with Gasteiger partial charge in [0.2, 0.25) is 0 Å². The van der Waals surface area contributed by atoms with Crippen LogP contribution in [0.4, 0.5) is 5.69 Å². The minimum atomic E-state index is -0.411. The Balaban J connectivity index is 1.51. The van der Waals surface area contributed by atoms with Crippen LogP contribution in [0.1, 0.15) is 43.2 Å². The second-order valence-corrected chi connectivity index (χ2v) is 9.13. The Hall–Kier alpha value is -3.99. The number of hydrogen-bond donors (Lipinski definition) is 1. The Labute approximate surface area is 205 Å². The summed E-state index contributed by atoms with van der Waals surface area (Å²) in [4.78, 5) is 31.5. The molecular formula is C30H28N2O3. The van der Waals surface area contributed by atoms with E-state index in [1.54, 1.807) is 0 Å². The fourth-order valence-electron chi connectivity index (χ4n) is 5.05. The molecule has 1 N–H and O–H groups in total. The Morgan fingerprint density at radius 1 is 0.857 bits per heavy atom. The number of aliphatic imine (C=N–C) groups is 1. The number of benzene rings is 3. The molecule has 1 saturated carbocycles. The number of ketones is 1. The number of amides is 1. The summed E-state index contributed by atoms with van der Waals surface area (Å²) in [6, 6.07) is 25.0. The minimum Gasteiger partial charge on any atom is -0.457 e.